The molecule has 0 aromatic heterocycles. The number of aliphatic hydroxyl groups excluding tert-OH is 2. The van der Waals surface area contributed by atoms with Crippen molar-refractivity contribution in [1.29, 1.82) is 0 Å². The molecule has 0 saturated carbocycles. The SMILES string of the molecule is CCC(CO)(CO)COCC[O]. The van der Waals surface area contributed by atoms with Gasteiger partial charge in [-0.3, -0.25) is 0 Å². The van der Waals surface area contributed by atoms with Gasteiger partial charge in [-0.25, -0.2) is 5.11 Å². The van der Waals surface area contributed by atoms with Crippen LogP contribution in [0.5, 0.6) is 0 Å². The highest BCUT2D eigenvalue weighted by Gasteiger charge is 2.26. The third-order valence-electron chi connectivity index (χ3n) is 2.06. The van der Waals surface area contributed by atoms with Crippen LogP contribution in [0.15, 0.2) is 0 Å². The Morgan fingerprint density at radius 1 is 1.33 bits per heavy atom. The molecule has 0 aromatic carbocycles. The molecule has 0 rings (SSSR count). The van der Waals surface area contributed by atoms with E-state index in [-0.39, 0.29) is 33.0 Å². The van der Waals surface area contributed by atoms with Crippen molar-refractivity contribution in [3.8, 4) is 0 Å². The second-order valence-electron chi connectivity index (χ2n) is 2.93. The molecule has 1 radical (unpaired) electrons. The summed E-state index contributed by atoms with van der Waals surface area (Å²) in [6.07, 6.45) is 0.638. The van der Waals surface area contributed by atoms with Crippen LogP contribution >= 0.6 is 0 Å². The summed E-state index contributed by atoms with van der Waals surface area (Å²) < 4.78 is 4.99. The fourth-order valence-corrected chi connectivity index (χ4v) is 0.815. The minimum Gasteiger partial charge on any atom is -0.396 e. The molecule has 0 atom stereocenters. The summed E-state index contributed by atoms with van der Waals surface area (Å²) in [6.45, 7) is 1.75. The highest BCUT2D eigenvalue weighted by Crippen LogP contribution is 2.20. The van der Waals surface area contributed by atoms with Gasteiger partial charge in [0, 0.05) is 5.41 Å². The Morgan fingerprint density at radius 3 is 2.25 bits per heavy atom. The van der Waals surface area contributed by atoms with Gasteiger partial charge in [-0.2, -0.15) is 0 Å². The van der Waals surface area contributed by atoms with Crippen LogP contribution in [0.25, 0.3) is 0 Å². The van der Waals surface area contributed by atoms with Crippen molar-refractivity contribution in [1.82, 2.24) is 0 Å². The van der Waals surface area contributed by atoms with Crippen molar-refractivity contribution >= 4 is 0 Å². The quantitative estimate of drug-likeness (QED) is 0.530. The van der Waals surface area contributed by atoms with E-state index in [1.165, 1.54) is 0 Å². The summed E-state index contributed by atoms with van der Waals surface area (Å²) in [5.41, 5.74) is -0.574. The fourth-order valence-electron chi connectivity index (χ4n) is 0.815. The number of aliphatic hydroxyl groups is 2. The molecular formula is C8H17O4. The zero-order valence-electron chi connectivity index (χ0n) is 7.45. The zero-order valence-corrected chi connectivity index (χ0v) is 7.45. The molecule has 0 heterocycles. The third kappa shape index (κ3) is 3.49. The van der Waals surface area contributed by atoms with Crippen LogP contribution in [-0.4, -0.2) is 43.2 Å². The maximum absolute atomic E-state index is 10.0. The maximum Gasteiger partial charge on any atom is 0.106 e. The lowest BCUT2D eigenvalue weighted by molar-refractivity contribution is -0.0422. The summed E-state index contributed by atoms with van der Waals surface area (Å²) >= 11 is 0. The summed E-state index contributed by atoms with van der Waals surface area (Å²) in [4.78, 5) is 0. The monoisotopic (exact) mass is 177 g/mol. The van der Waals surface area contributed by atoms with Crippen LogP contribution in [0.1, 0.15) is 13.3 Å². The van der Waals surface area contributed by atoms with E-state index in [2.05, 4.69) is 0 Å². The fraction of sp³-hybridized carbons (Fsp3) is 1.00. The third-order valence-corrected chi connectivity index (χ3v) is 2.06. The van der Waals surface area contributed by atoms with E-state index in [1.807, 2.05) is 6.92 Å². The van der Waals surface area contributed by atoms with Crippen molar-refractivity contribution in [3.05, 3.63) is 0 Å². The van der Waals surface area contributed by atoms with Gasteiger partial charge in [-0.1, -0.05) is 6.92 Å². The molecule has 0 saturated heterocycles. The topological polar surface area (TPSA) is 69.6 Å². The van der Waals surface area contributed by atoms with Crippen LogP contribution in [-0.2, 0) is 9.84 Å². The molecule has 0 aromatic rings. The summed E-state index contributed by atoms with van der Waals surface area (Å²) in [5, 5.41) is 27.9. The highest BCUT2D eigenvalue weighted by molar-refractivity contribution is 4.75. The van der Waals surface area contributed by atoms with Gasteiger partial charge in [0.1, 0.15) is 6.61 Å². The average molecular weight is 177 g/mol. The first kappa shape index (κ1) is 11.8. The van der Waals surface area contributed by atoms with Crippen molar-refractivity contribution in [2.75, 3.05) is 33.0 Å². The molecule has 0 amide bonds. The smallest absolute Gasteiger partial charge is 0.106 e. The Bertz CT molecular complexity index is 93.0. The molecule has 0 fully saturated rings. The Balaban J connectivity index is 3.76. The largest absolute Gasteiger partial charge is 0.396 e. The molecule has 0 aliphatic carbocycles. The standard InChI is InChI=1S/C8H17O4/c1-2-8(5-10,6-11)7-12-4-3-9/h10-11H,2-7H2,1H3. The first-order chi connectivity index (χ1) is 5.74. The van der Waals surface area contributed by atoms with Gasteiger partial charge < -0.3 is 14.9 Å². The second-order valence-corrected chi connectivity index (χ2v) is 2.93. The van der Waals surface area contributed by atoms with E-state index in [9.17, 15) is 5.11 Å². The molecule has 73 valence electrons. The number of hydrogen-bond acceptors (Lipinski definition) is 3. The van der Waals surface area contributed by atoms with Crippen molar-refractivity contribution in [3.63, 3.8) is 0 Å². The first-order valence-corrected chi connectivity index (χ1v) is 4.12. The van der Waals surface area contributed by atoms with Gasteiger partial charge in [0.15, 0.2) is 0 Å². The molecule has 4 nitrogen and oxygen atoms in total. The molecule has 0 aliphatic rings. The van der Waals surface area contributed by atoms with Crippen LogP contribution in [0, 0.1) is 5.41 Å². The lowest BCUT2D eigenvalue weighted by Gasteiger charge is -2.27. The highest BCUT2D eigenvalue weighted by atomic mass is 16.5. The van der Waals surface area contributed by atoms with Crippen LogP contribution < -0.4 is 0 Å². The molecule has 4 heteroatoms. The van der Waals surface area contributed by atoms with Gasteiger partial charge in [0.05, 0.1) is 26.4 Å². The Labute approximate surface area is 72.8 Å². The molecule has 2 N–H and O–H groups in total. The van der Waals surface area contributed by atoms with E-state index in [0.717, 1.165) is 0 Å². The Kier molecular flexibility index (Phi) is 6.28. The van der Waals surface area contributed by atoms with Crippen LogP contribution in [0.3, 0.4) is 0 Å². The van der Waals surface area contributed by atoms with Crippen LogP contribution in [0.4, 0.5) is 0 Å². The van der Waals surface area contributed by atoms with Gasteiger partial charge in [0.25, 0.3) is 0 Å². The zero-order chi connectivity index (χ0) is 9.45. The van der Waals surface area contributed by atoms with E-state index in [0.29, 0.717) is 6.42 Å². The molecule has 0 unspecified atom stereocenters. The minimum absolute atomic E-state index is 0.112. The van der Waals surface area contributed by atoms with E-state index < -0.39 is 5.41 Å². The van der Waals surface area contributed by atoms with Gasteiger partial charge in [0.2, 0.25) is 0 Å². The number of rotatable bonds is 7. The normalized spacial score (nSPS) is 12.0. The molecule has 0 bridgehead atoms. The van der Waals surface area contributed by atoms with E-state index >= 15 is 0 Å². The van der Waals surface area contributed by atoms with Gasteiger partial charge in [-0.05, 0) is 6.42 Å². The van der Waals surface area contributed by atoms with Crippen LogP contribution in [0.2, 0.25) is 0 Å². The van der Waals surface area contributed by atoms with Crippen molar-refractivity contribution < 1.29 is 20.1 Å². The van der Waals surface area contributed by atoms with Crippen molar-refractivity contribution in [2.24, 2.45) is 5.41 Å². The number of ether oxygens (including phenoxy) is 1. The lowest BCUT2D eigenvalue weighted by atomic mass is 9.88. The summed E-state index contributed by atoms with van der Waals surface area (Å²) in [7, 11) is 0. The van der Waals surface area contributed by atoms with Crippen molar-refractivity contribution in [2.45, 2.75) is 13.3 Å². The Hall–Kier alpha value is -0.160. The molecule has 0 aliphatic heterocycles. The van der Waals surface area contributed by atoms with Gasteiger partial charge in [-0.15, -0.1) is 0 Å². The van der Waals surface area contributed by atoms with Gasteiger partial charge >= 0.3 is 0 Å². The number of hydrogen-bond donors (Lipinski definition) is 2. The maximum atomic E-state index is 10.0. The summed E-state index contributed by atoms with van der Waals surface area (Å²) in [6, 6.07) is 0. The predicted octanol–water partition coefficient (Wildman–Crippen LogP) is -0.186. The minimum atomic E-state index is -0.574. The molecule has 12 heavy (non-hydrogen) atoms. The van der Waals surface area contributed by atoms with E-state index in [4.69, 9.17) is 14.9 Å². The lowest BCUT2D eigenvalue weighted by Crippen LogP contribution is -2.34. The average Bonchev–Trinajstić information content (AvgIpc) is 2.14. The Morgan fingerprint density at radius 2 is 1.92 bits per heavy atom. The predicted molar refractivity (Wildman–Crippen MR) is 43.3 cm³/mol. The summed E-state index contributed by atoms with van der Waals surface area (Å²) in [5.74, 6) is 0. The van der Waals surface area contributed by atoms with E-state index in [1.54, 1.807) is 0 Å². The molecular weight excluding hydrogens is 160 g/mol. The molecule has 0 spiro atoms. The first-order valence-electron chi connectivity index (χ1n) is 4.12. The second kappa shape index (κ2) is 6.37.